The molecule has 222 valence electrons. The lowest BCUT2D eigenvalue weighted by Gasteiger charge is -2.33. The van der Waals surface area contributed by atoms with Gasteiger partial charge in [-0.25, -0.2) is 23.3 Å². The first-order valence-corrected chi connectivity index (χ1v) is 13.5. The average molecular weight is 584 g/mol. The summed E-state index contributed by atoms with van der Waals surface area (Å²) in [5.74, 6) is -6.62. The third-order valence-electron chi connectivity index (χ3n) is 7.86. The van der Waals surface area contributed by atoms with Gasteiger partial charge < -0.3 is 15.2 Å². The van der Waals surface area contributed by atoms with Gasteiger partial charge in [0.2, 0.25) is 11.8 Å². The van der Waals surface area contributed by atoms with E-state index in [0.717, 1.165) is 0 Å². The largest absolute Gasteiger partial charge is 0.393 e. The zero-order chi connectivity index (χ0) is 29.5. The summed E-state index contributed by atoms with van der Waals surface area (Å²) in [6, 6.07) is -0.753. The number of nitrogens with zero attached hydrogens (tertiary/aromatic N) is 5. The first-order chi connectivity index (χ1) is 19.3. The zero-order valence-corrected chi connectivity index (χ0v) is 22.4. The van der Waals surface area contributed by atoms with Gasteiger partial charge in [0.05, 0.1) is 41.4 Å². The molecule has 0 bridgehead atoms. The van der Waals surface area contributed by atoms with Gasteiger partial charge in [0.25, 0.3) is 11.7 Å². The predicted octanol–water partition coefficient (Wildman–Crippen LogP) is 4.39. The summed E-state index contributed by atoms with van der Waals surface area (Å²) in [5.41, 5.74) is 1.32. The van der Waals surface area contributed by atoms with Crippen molar-refractivity contribution in [2.75, 3.05) is 6.54 Å². The Kier molecular flexibility index (Phi) is 7.72. The van der Waals surface area contributed by atoms with Crippen LogP contribution in [0.2, 0.25) is 0 Å². The summed E-state index contributed by atoms with van der Waals surface area (Å²) in [6.07, 6.45) is -1.10. The summed E-state index contributed by atoms with van der Waals surface area (Å²) in [7, 11) is 0. The van der Waals surface area contributed by atoms with Crippen molar-refractivity contribution < 1.29 is 36.1 Å². The highest BCUT2D eigenvalue weighted by Gasteiger charge is 2.45. The zero-order valence-electron chi connectivity index (χ0n) is 22.4. The molecule has 0 radical (unpaired) electrons. The molecule has 2 aliphatic rings. The number of aromatic nitrogens is 5. The van der Waals surface area contributed by atoms with Crippen LogP contribution in [-0.2, 0) is 11.2 Å². The highest BCUT2D eigenvalue weighted by Crippen LogP contribution is 2.41. The van der Waals surface area contributed by atoms with Crippen LogP contribution < -0.4 is 10.6 Å². The molecule has 2 N–H and O–H groups in total. The molecule has 3 atom stereocenters. The van der Waals surface area contributed by atoms with Crippen molar-refractivity contribution in [1.29, 1.82) is 0 Å². The van der Waals surface area contributed by atoms with Crippen molar-refractivity contribution in [1.82, 2.24) is 35.4 Å². The molecular formula is C26H30F5N7O3. The monoisotopic (exact) mass is 583 g/mol. The molecule has 3 aromatic rings. The summed E-state index contributed by atoms with van der Waals surface area (Å²) in [6.45, 7) is 3.25. The number of hydrogen-bond acceptors (Lipinski definition) is 7. The first kappa shape index (κ1) is 28.9. The van der Waals surface area contributed by atoms with Gasteiger partial charge in [-0.3, -0.25) is 9.59 Å². The van der Waals surface area contributed by atoms with Gasteiger partial charge in [-0.1, -0.05) is 19.0 Å². The molecule has 0 aromatic carbocycles. The molecule has 2 fully saturated rings. The minimum atomic E-state index is -4.42. The van der Waals surface area contributed by atoms with Gasteiger partial charge in [0.1, 0.15) is 11.8 Å². The van der Waals surface area contributed by atoms with Crippen LogP contribution in [0, 0.1) is 17.8 Å². The molecule has 41 heavy (non-hydrogen) atoms. The molecule has 2 amide bonds. The molecule has 1 aliphatic carbocycles. The van der Waals surface area contributed by atoms with E-state index in [1.54, 1.807) is 0 Å². The number of hydrogen-bond donors (Lipinski definition) is 2. The van der Waals surface area contributed by atoms with E-state index >= 15 is 0 Å². The number of carbonyl (C=O) groups is 2. The summed E-state index contributed by atoms with van der Waals surface area (Å²) >= 11 is 0. The summed E-state index contributed by atoms with van der Waals surface area (Å²) in [4.78, 5) is 34.3. The Morgan fingerprint density at radius 2 is 2.00 bits per heavy atom. The summed E-state index contributed by atoms with van der Waals surface area (Å²) < 4.78 is 73.9. The molecule has 5 rings (SSSR count). The Morgan fingerprint density at radius 1 is 1.27 bits per heavy atom. The maximum Gasteiger partial charge on any atom is 0.393 e. The Labute approximate surface area is 231 Å². The van der Waals surface area contributed by atoms with Crippen molar-refractivity contribution in [2.24, 2.45) is 17.8 Å². The molecule has 1 unspecified atom stereocenters. The second-order valence-electron chi connectivity index (χ2n) is 11.2. The lowest BCUT2D eigenvalue weighted by molar-refractivity contribution is -0.183. The van der Waals surface area contributed by atoms with Crippen LogP contribution in [0.3, 0.4) is 0 Å². The number of imidazole rings is 1. The maximum atomic E-state index is 14.0. The molecule has 3 aromatic heterocycles. The number of piperidine rings is 1. The van der Waals surface area contributed by atoms with Gasteiger partial charge in [-0.2, -0.15) is 18.3 Å². The fourth-order valence-corrected chi connectivity index (χ4v) is 5.54. The van der Waals surface area contributed by atoms with Gasteiger partial charge in [-0.15, -0.1) is 0 Å². The minimum Gasteiger partial charge on any atom is -0.364 e. The van der Waals surface area contributed by atoms with E-state index in [-0.39, 0.29) is 67.4 Å². The van der Waals surface area contributed by atoms with Crippen molar-refractivity contribution in [3.05, 3.63) is 41.3 Å². The second-order valence-corrected chi connectivity index (χ2v) is 11.2. The van der Waals surface area contributed by atoms with Gasteiger partial charge in [0, 0.05) is 31.7 Å². The number of fused-ring (bicyclic) bond motifs is 1. The fraction of sp³-hybridized carbons (Fsp3) is 0.615. The van der Waals surface area contributed by atoms with E-state index in [1.807, 2.05) is 13.8 Å². The van der Waals surface area contributed by atoms with Crippen molar-refractivity contribution in [2.45, 2.75) is 76.4 Å². The van der Waals surface area contributed by atoms with E-state index in [1.165, 1.54) is 23.2 Å². The van der Waals surface area contributed by atoms with Crippen LogP contribution >= 0.6 is 0 Å². The third kappa shape index (κ3) is 6.32. The molecule has 1 saturated heterocycles. The van der Waals surface area contributed by atoms with Gasteiger partial charge in [-0.05, 0) is 31.1 Å². The lowest BCUT2D eigenvalue weighted by Crippen LogP contribution is -2.47. The molecule has 15 heteroatoms. The predicted molar refractivity (Wildman–Crippen MR) is 133 cm³/mol. The van der Waals surface area contributed by atoms with Gasteiger partial charge >= 0.3 is 6.18 Å². The van der Waals surface area contributed by atoms with Crippen LogP contribution in [0.5, 0.6) is 0 Å². The number of carbonyl (C=O) groups excluding carboxylic acids is 2. The molecule has 4 heterocycles. The van der Waals surface area contributed by atoms with Crippen molar-refractivity contribution in [3.8, 4) is 0 Å². The maximum absolute atomic E-state index is 14.0. The Hall–Kier alpha value is -3.65. The van der Waals surface area contributed by atoms with E-state index in [0.29, 0.717) is 11.4 Å². The Bertz CT molecular complexity index is 1410. The van der Waals surface area contributed by atoms with Crippen LogP contribution in [0.15, 0.2) is 23.2 Å². The average Bonchev–Trinajstić information content (AvgIpc) is 3.55. The second kappa shape index (κ2) is 11.0. The number of nitrogens with one attached hydrogen (secondary N) is 2. The van der Waals surface area contributed by atoms with E-state index in [9.17, 15) is 31.5 Å². The van der Waals surface area contributed by atoms with Crippen LogP contribution in [0.4, 0.5) is 22.0 Å². The smallest absolute Gasteiger partial charge is 0.364 e. The van der Waals surface area contributed by atoms with E-state index in [4.69, 9.17) is 4.52 Å². The van der Waals surface area contributed by atoms with E-state index < -0.39 is 48.3 Å². The quantitative estimate of drug-likeness (QED) is 0.395. The minimum absolute atomic E-state index is 0.0573. The highest BCUT2D eigenvalue weighted by molar-refractivity contribution is 5.95. The standard InChI is InChI=1S/C26H30F5N7O3/c1-13(2)20-18(12-41-37-20)23(40)35-21(14-3-5-25(27,28)6-4-14)19-11-38-24(34-19)33-10-17(36-38)8-15-7-16(26(29,30)31)9-32-22(15)39/h10-16,21H,3-9H2,1-2H3,(H,32,39)(H,35,40)/t15?,16-,21+/m1/s1. The molecule has 1 saturated carbocycles. The first-order valence-electron chi connectivity index (χ1n) is 13.5. The van der Waals surface area contributed by atoms with Crippen molar-refractivity contribution >= 4 is 17.6 Å². The van der Waals surface area contributed by atoms with Crippen LogP contribution in [-0.4, -0.2) is 55.2 Å². The van der Waals surface area contributed by atoms with Crippen LogP contribution in [0.25, 0.3) is 5.78 Å². The summed E-state index contributed by atoms with van der Waals surface area (Å²) in [5, 5.41) is 13.5. The molecule has 10 nitrogen and oxygen atoms in total. The number of halogens is 5. The molecule has 0 spiro atoms. The van der Waals surface area contributed by atoms with E-state index in [2.05, 4.69) is 30.9 Å². The highest BCUT2D eigenvalue weighted by atomic mass is 19.4. The molecule has 1 aliphatic heterocycles. The number of rotatable bonds is 7. The lowest BCUT2D eigenvalue weighted by atomic mass is 9.81. The number of alkyl halides is 5. The van der Waals surface area contributed by atoms with Gasteiger partial charge in [0.15, 0.2) is 0 Å². The fourth-order valence-electron chi connectivity index (χ4n) is 5.54. The topological polar surface area (TPSA) is 127 Å². The Morgan fingerprint density at radius 3 is 2.68 bits per heavy atom. The van der Waals surface area contributed by atoms with Crippen molar-refractivity contribution in [3.63, 3.8) is 0 Å². The third-order valence-corrected chi connectivity index (χ3v) is 7.86. The SMILES string of the molecule is CC(C)c1nocc1C(=O)N[C@H](c1cn2nc(CC3C[C@@H](C(F)(F)F)CNC3=O)cnc2n1)C1CCC(F)(F)CC1. The van der Waals surface area contributed by atoms with Crippen LogP contribution in [0.1, 0.15) is 85.4 Å². The number of amides is 2. The molecular weight excluding hydrogens is 553 g/mol. The normalized spacial score (nSPS) is 22.6. The Balaban J connectivity index is 1.40.